The van der Waals surface area contributed by atoms with Crippen molar-refractivity contribution in [2.45, 2.75) is 0 Å². The average molecular weight is 193 g/mol. The molecule has 2 rings (SSSR count). The van der Waals surface area contributed by atoms with E-state index >= 15 is 0 Å². The van der Waals surface area contributed by atoms with Crippen molar-refractivity contribution < 1.29 is 4.74 Å². The van der Waals surface area contributed by atoms with Gasteiger partial charge in [0.05, 0.1) is 13.2 Å². The zero-order valence-electron chi connectivity index (χ0n) is 7.29. The molecule has 4 heteroatoms. The topological polar surface area (TPSA) is 24.5 Å². The molecule has 0 saturated carbocycles. The molecule has 3 nitrogen and oxygen atoms in total. The summed E-state index contributed by atoms with van der Waals surface area (Å²) in [4.78, 5) is 2.51. The molecule has 0 bridgehead atoms. The summed E-state index contributed by atoms with van der Waals surface area (Å²) in [6.45, 7) is 7.85. The van der Waals surface area contributed by atoms with Crippen LogP contribution in [-0.2, 0) is 4.74 Å². The average Bonchev–Trinajstić information content (AvgIpc) is 1.99. The van der Waals surface area contributed by atoms with E-state index < -0.39 is 0 Å². The molecule has 2 fully saturated rings. The maximum absolute atomic E-state index is 5.28. The van der Waals surface area contributed by atoms with E-state index in [9.17, 15) is 0 Å². The first-order valence-electron chi connectivity index (χ1n) is 4.46. The number of nitrogens with zero attached hydrogens (tertiary/aromatic N) is 1. The molecule has 72 valence electrons. The third-order valence-electron chi connectivity index (χ3n) is 2.49. The van der Waals surface area contributed by atoms with E-state index in [1.165, 1.54) is 19.6 Å². The maximum atomic E-state index is 5.28. The van der Waals surface area contributed by atoms with E-state index in [4.69, 9.17) is 4.74 Å². The Morgan fingerprint density at radius 2 is 1.92 bits per heavy atom. The first-order chi connectivity index (χ1) is 5.45. The molecule has 0 aromatic heterocycles. The van der Waals surface area contributed by atoms with Crippen molar-refractivity contribution in [3.8, 4) is 0 Å². The van der Waals surface area contributed by atoms with Gasteiger partial charge in [-0.3, -0.25) is 4.90 Å². The number of rotatable bonds is 2. The molecule has 2 saturated heterocycles. The third kappa shape index (κ3) is 2.59. The Morgan fingerprint density at radius 3 is 2.42 bits per heavy atom. The molecule has 1 N–H and O–H groups in total. The van der Waals surface area contributed by atoms with Crippen molar-refractivity contribution in [2.75, 3.05) is 45.9 Å². The van der Waals surface area contributed by atoms with E-state index in [1.807, 2.05) is 0 Å². The molecular formula is C8H17ClN2O. The predicted octanol–water partition coefficient (Wildman–Crippen LogP) is -0.0402. The monoisotopic (exact) mass is 192 g/mol. The Labute approximate surface area is 79.9 Å². The molecule has 0 amide bonds. The summed E-state index contributed by atoms with van der Waals surface area (Å²) in [6, 6.07) is 0. The van der Waals surface area contributed by atoms with Crippen LogP contribution in [0, 0.1) is 5.92 Å². The van der Waals surface area contributed by atoms with Crippen molar-refractivity contribution >= 4 is 12.4 Å². The fourth-order valence-corrected chi connectivity index (χ4v) is 1.63. The Kier molecular flexibility index (Phi) is 4.29. The first-order valence-corrected chi connectivity index (χ1v) is 4.46. The summed E-state index contributed by atoms with van der Waals surface area (Å²) in [5.74, 6) is 0.910. The van der Waals surface area contributed by atoms with Gasteiger partial charge in [-0.15, -0.1) is 12.4 Å². The molecule has 0 atom stereocenters. The largest absolute Gasteiger partial charge is 0.379 e. The number of nitrogens with one attached hydrogen (secondary N) is 1. The number of hydrogen-bond donors (Lipinski definition) is 1. The highest BCUT2D eigenvalue weighted by atomic mass is 35.5. The van der Waals surface area contributed by atoms with E-state index in [0.29, 0.717) is 0 Å². The second kappa shape index (κ2) is 5.02. The van der Waals surface area contributed by atoms with Crippen molar-refractivity contribution in [1.82, 2.24) is 10.2 Å². The lowest BCUT2D eigenvalue weighted by Gasteiger charge is -2.34. The second-order valence-corrected chi connectivity index (χ2v) is 3.44. The van der Waals surface area contributed by atoms with Crippen LogP contribution in [0.1, 0.15) is 0 Å². The van der Waals surface area contributed by atoms with Gasteiger partial charge in [-0.2, -0.15) is 0 Å². The summed E-state index contributed by atoms with van der Waals surface area (Å²) < 4.78 is 5.28. The van der Waals surface area contributed by atoms with Crippen molar-refractivity contribution in [3.63, 3.8) is 0 Å². The fourth-order valence-electron chi connectivity index (χ4n) is 1.63. The molecule has 12 heavy (non-hydrogen) atoms. The molecule has 0 aromatic carbocycles. The van der Waals surface area contributed by atoms with E-state index in [1.54, 1.807) is 0 Å². The van der Waals surface area contributed by atoms with Crippen LogP contribution in [0.5, 0.6) is 0 Å². The maximum Gasteiger partial charge on any atom is 0.0594 e. The van der Waals surface area contributed by atoms with Crippen LogP contribution >= 0.6 is 12.4 Å². The molecule has 0 unspecified atom stereocenters. The summed E-state index contributed by atoms with van der Waals surface area (Å²) in [5, 5.41) is 3.29. The van der Waals surface area contributed by atoms with Crippen LogP contribution in [0.15, 0.2) is 0 Å². The number of ether oxygens (including phenoxy) is 1. The van der Waals surface area contributed by atoms with Gasteiger partial charge in [-0.25, -0.2) is 0 Å². The minimum absolute atomic E-state index is 0. The van der Waals surface area contributed by atoms with Gasteiger partial charge in [0, 0.05) is 32.7 Å². The summed E-state index contributed by atoms with van der Waals surface area (Å²) in [7, 11) is 0. The summed E-state index contributed by atoms with van der Waals surface area (Å²) in [6.07, 6.45) is 0. The molecular weight excluding hydrogens is 176 g/mol. The van der Waals surface area contributed by atoms with Gasteiger partial charge < -0.3 is 10.1 Å². The van der Waals surface area contributed by atoms with Crippen LogP contribution < -0.4 is 5.32 Å². The Hall–Kier alpha value is 0.170. The van der Waals surface area contributed by atoms with E-state index in [0.717, 1.165) is 32.2 Å². The smallest absolute Gasteiger partial charge is 0.0594 e. The summed E-state index contributed by atoms with van der Waals surface area (Å²) in [5.41, 5.74) is 0. The van der Waals surface area contributed by atoms with Crippen LogP contribution in [0.25, 0.3) is 0 Å². The van der Waals surface area contributed by atoms with Crippen molar-refractivity contribution in [1.29, 1.82) is 0 Å². The minimum atomic E-state index is 0. The van der Waals surface area contributed by atoms with Crippen LogP contribution in [0.3, 0.4) is 0 Å². The van der Waals surface area contributed by atoms with Crippen molar-refractivity contribution in [3.05, 3.63) is 0 Å². The lowest BCUT2D eigenvalue weighted by Crippen LogP contribution is -2.50. The zero-order chi connectivity index (χ0) is 7.52. The van der Waals surface area contributed by atoms with Gasteiger partial charge in [-0.05, 0) is 5.92 Å². The molecule has 2 heterocycles. The van der Waals surface area contributed by atoms with E-state index in [-0.39, 0.29) is 12.4 Å². The predicted molar refractivity (Wildman–Crippen MR) is 50.9 cm³/mol. The van der Waals surface area contributed by atoms with Gasteiger partial charge in [0.15, 0.2) is 0 Å². The SMILES string of the molecule is C1CN(CC2CNC2)CCO1.Cl. The van der Waals surface area contributed by atoms with Gasteiger partial charge in [0.2, 0.25) is 0 Å². The molecule has 0 radical (unpaired) electrons. The minimum Gasteiger partial charge on any atom is -0.379 e. The molecule has 2 aliphatic heterocycles. The third-order valence-corrected chi connectivity index (χ3v) is 2.49. The van der Waals surface area contributed by atoms with Crippen LogP contribution in [0.4, 0.5) is 0 Å². The molecule has 0 aliphatic carbocycles. The molecule has 2 aliphatic rings. The number of halogens is 1. The van der Waals surface area contributed by atoms with Crippen molar-refractivity contribution in [2.24, 2.45) is 5.92 Å². The highest BCUT2D eigenvalue weighted by Gasteiger charge is 2.20. The normalized spacial score (nSPS) is 26.0. The quantitative estimate of drug-likeness (QED) is 0.665. The van der Waals surface area contributed by atoms with Gasteiger partial charge in [0.1, 0.15) is 0 Å². The Balaban J connectivity index is 0.000000720. The fraction of sp³-hybridized carbons (Fsp3) is 1.00. The molecule has 0 aromatic rings. The van der Waals surface area contributed by atoms with Crippen LogP contribution in [0.2, 0.25) is 0 Å². The zero-order valence-corrected chi connectivity index (χ0v) is 8.11. The Morgan fingerprint density at radius 1 is 1.25 bits per heavy atom. The van der Waals surface area contributed by atoms with Gasteiger partial charge >= 0.3 is 0 Å². The first kappa shape index (κ1) is 10.3. The van der Waals surface area contributed by atoms with Gasteiger partial charge in [0.25, 0.3) is 0 Å². The number of morpholine rings is 1. The number of hydrogen-bond acceptors (Lipinski definition) is 3. The standard InChI is InChI=1S/C8H16N2O.ClH/c1-3-11-4-2-10(1)7-8-5-9-6-8;/h8-9H,1-7H2;1H. The van der Waals surface area contributed by atoms with Gasteiger partial charge in [-0.1, -0.05) is 0 Å². The van der Waals surface area contributed by atoms with E-state index in [2.05, 4.69) is 10.2 Å². The second-order valence-electron chi connectivity index (χ2n) is 3.44. The summed E-state index contributed by atoms with van der Waals surface area (Å²) >= 11 is 0. The highest BCUT2D eigenvalue weighted by Crippen LogP contribution is 2.07. The lowest BCUT2D eigenvalue weighted by atomic mass is 10.0. The highest BCUT2D eigenvalue weighted by molar-refractivity contribution is 5.85. The molecule has 0 spiro atoms. The van der Waals surface area contributed by atoms with Crippen LogP contribution in [-0.4, -0.2) is 50.8 Å². The lowest BCUT2D eigenvalue weighted by molar-refractivity contribution is 0.0266. The Bertz CT molecular complexity index is 124.